The van der Waals surface area contributed by atoms with Crippen LogP contribution in [0.2, 0.25) is 0 Å². The number of carboxylic acid groups (broad SMARTS) is 1. The van der Waals surface area contributed by atoms with E-state index in [1.54, 1.807) is 26.8 Å². The molecule has 0 saturated carbocycles. The minimum Gasteiger partial charge on any atom is -0.480 e. The van der Waals surface area contributed by atoms with Gasteiger partial charge in [0.1, 0.15) is 12.1 Å². The van der Waals surface area contributed by atoms with E-state index < -0.39 is 35.5 Å². The maximum Gasteiger partial charge on any atom is 0.407 e. The molecule has 1 aromatic rings. The molecule has 0 radical (unpaired) electrons. The van der Waals surface area contributed by atoms with Crippen LogP contribution in [0.15, 0.2) is 18.2 Å². The van der Waals surface area contributed by atoms with Crippen LogP contribution in [-0.4, -0.2) is 73.2 Å². The molecule has 0 spiro atoms. The molecule has 9 nitrogen and oxygen atoms in total. The maximum atomic E-state index is 13.2. The zero-order valence-electron chi connectivity index (χ0n) is 17.5. The van der Waals surface area contributed by atoms with Gasteiger partial charge in [0.15, 0.2) is 7.85 Å². The lowest BCUT2D eigenvalue weighted by atomic mass is 9.85. The smallest absolute Gasteiger partial charge is 0.407 e. The van der Waals surface area contributed by atoms with Gasteiger partial charge in [0.05, 0.1) is 13.7 Å². The number of rotatable bonds is 6. The summed E-state index contributed by atoms with van der Waals surface area (Å²) in [4.78, 5) is 42.2. The van der Waals surface area contributed by atoms with E-state index in [1.807, 2.05) is 20.0 Å². The third kappa shape index (κ3) is 5.85. The van der Waals surface area contributed by atoms with Gasteiger partial charge in [-0.15, -0.1) is 0 Å². The fourth-order valence-corrected chi connectivity index (χ4v) is 3.31. The molecule has 158 valence electrons. The van der Waals surface area contributed by atoms with Crippen LogP contribution in [-0.2, 0) is 14.3 Å². The largest absolute Gasteiger partial charge is 0.480 e. The van der Waals surface area contributed by atoms with Gasteiger partial charge in [-0.2, -0.15) is 0 Å². The lowest BCUT2D eigenvalue weighted by Crippen LogP contribution is -2.56. The number of alkyl carbamates (subject to hydrolysis) is 1. The summed E-state index contributed by atoms with van der Waals surface area (Å²) in [6, 6.07) is 3.51. The summed E-state index contributed by atoms with van der Waals surface area (Å²) in [7, 11) is 3.06. The molecule has 2 heterocycles. The van der Waals surface area contributed by atoms with Crippen molar-refractivity contribution in [3.63, 3.8) is 0 Å². The number of amides is 2. The van der Waals surface area contributed by atoms with E-state index in [1.165, 1.54) is 12.0 Å². The van der Waals surface area contributed by atoms with Crippen molar-refractivity contribution in [2.24, 2.45) is 11.3 Å². The number of nitrogens with one attached hydrogen (secondary N) is 1. The quantitative estimate of drug-likeness (QED) is 0.629. The Morgan fingerprint density at radius 2 is 2.07 bits per heavy atom. The average Bonchev–Trinajstić information content (AvgIpc) is 3.07. The summed E-state index contributed by atoms with van der Waals surface area (Å²) in [6.07, 6.45) is -0.475. The lowest BCUT2D eigenvalue weighted by Gasteiger charge is -2.34. The minimum absolute atomic E-state index is 0.166. The molecule has 0 bridgehead atoms. The van der Waals surface area contributed by atoms with Crippen LogP contribution >= 0.6 is 0 Å². The highest BCUT2D eigenvalue weighted by molar-refractivity contribution is 6.30. The van der Waals surface area contributed by atoms with Crippen LogP contribution in [0.5, 0.6) is 5.88 Å². The third-order valence-electron chi connectivity index (χ3n) is 4.85. The molecule has 1 fully saturated rings. The van der Waals surface area contributed by atoms with Crippen LogP contribution in [0.25, 0.3) is 0 Å². The fourth-order valence-electron chi connectivity index (χ4n) is 3.31. The predicted octanol–water partition coefficient (Wildman–Crippen LogP) is -0.209. The second-order valence-corrected chi connectivity index (χ2v) is 8.31. The first-order chi connectivity index (χ1) is 13.5. The zero-order chi connectivity index (χ0) is 21.8. The van der Waals surface area contributed by atoms with Crippen molar-refractivity contribution in [1.29, 1.82) is 0 Å². The second-order valence-electron chi connectivity index (χ2n) is 8.31. The summed E-state index contributed by atoms with van der Waals surface area (Å²) < 4.78 is 10.3. The van der Waals surface area contributed by atoms with Gasteiger partial charge in [0, 0.05) is 18.5 Å². The number of ether oxygens (including phenoxy) is 2. The van der Waals surface area contributed by atoms with Crippen LogP contribution in [0, 0.1) is 11.3 Å². The van der Waals surface area contributed by atoms with Crippen molar-refractivity contribution >= 4 is 31.4 Å². The van der Waals surface area contributed by atoms with Crippen LogP contribution in [0.1, 0.15) is 27.2 Å². The van der Waals surface area contributed by atoms with Crippen molar-refractivity contribution in [2.75, 3.05) is 20.3 Å². The Bertz CT molecular complexity index is 767. The number of nitrogens with zero attached hydrogens (tertiary/aromatic N) is 2. The Labute approximate surface area is 171 Å². The Kier molecular flexibility index (Phi) is 7.10. The first-order valence-electron chi connectivity index (χ1n) is 9.47. The SMILES string of the molecule is Bc1cccc(OC[C@@H]2C[C@@H](C(=O)O)N(C(=O)[C@@H](NC(=O)OC)C(C)(C)C)C2)n1. The lowest BCUT2D eigenvalue weighted by molar-refractivity contribution is -0.150. The Morgan fingerprint density at radius 1 is 1.38 bits per heavy atom. The number of aliphatic carboxylic acids is 1. The highest BCUT2D eigenvalue weighted by Crippen LogP contribution is 2.29. The van der Waals surface area contributed by atoms with E-state index in [4.69, 9.17) is 4.74 Å². The van der Waals surface area contributed by atoms with Crippen LogP contribution in [0.4, 0.5) is 4.79 Å². The molecule has 0 aromatic carbocycles. The van der Waals surface area contributed by atoms with Gasteiger partial charge in [-0.25, -0.2) is 14.6 Å². The molecule has 0 aliphatic carbocycles. The Morgan fingerprint density at radius 3 is 2.62 bits per heavy atom. The number of pyridine rings is 1. The fraction of sp³-hybridized carbons (Fsp3) is 0.579. The number of carboxylic acids is 1. The van der Waals surface area contributed by atoms with Gasteiger partial charge in [0.2, 0.25) is 11.8 Å². The molecule has 1 aliphatic heterocycles. The first kappa shape index (κ1) is 22.5. The molecular weight excluding hydrogens is 377 g/mol. The van der Waals surface area contributed by atoms with Gasteiger partial charge in [-0.1, -0.05) is 32.9 Å². The van der Waals surface area contributed by atoms with Crippen molar-refractivity contribution in [3.05, 3.63) is 18.2 Å². The normalized spacial score (nSPS) is 20.1. The van der Waals surface area contributed by atoms with E-state index in [9.17, 15) is 19.5 Å². The summed E-state index contributed by atoms with van der Waals surface area (Å²) >= 11 is 0. The van der Waals surface area contributed by atoms with Gasteiger partial charge in [0.25, 0.3) is 0 Å². The molecule has 1 saturated heterocycles. The number of methoxy groups -OCH3 is 1. The summed E-state index contributed by atoms with van der Waals surface area (Å²) in [5, 5.41) is 12.2. The number of carbonyl (C=O) groups excluding carboxylic acids is 2. The molecule has 2 N–H and O–H groups in total. The minimum atomic E-state index is -1.08. The van der Waals surface area contributed by atoms with Crippen LogP contribution < -0.4 is 15.6 Å². The van der Waals surface area contributed by atoms with E-state index in [-0.39, 0.29) is 25.5 Å². The predicted molar refractivity (Wildman–Crippen MR) is 108 cm³/mol. The number of aromatic nitrogens is 1. The first-order valence-corrected chi connectivity index (χ1v) is 9.47. The van der Waals surface area contributed by atoms with Gasteiger partial charge in [-0.3, -0.25) is 4.79 Å². The maximum absolute atomic E-state index is 13.2. The topological polar surface area (TPSA) is 118 Å². The highest BCUT2D eigenvalue weighted by Gasteiger charge is 2.45. The van der Waals surface area contributed by atoms with E-state index in [2.05, 4.69) is 15.0 Å². The van der Waals surface area contributed by atoms with Crippen molar-refractivity contribution < 1.29 is 29.0 Å². The Hall–Kier alpha value is -2.78. The zero-order valence-corrected chi connectivity index (χ0v) is 17.5. The van der Waals surface area contributed by atoms with Crippen molar-refractivity contribution in [3.8, 4) is 5.88 Å². The average molecular weight is 405 g/mol. The molecule has 3 atom stereocenters. The number of likely N-dealkylation sites (tertiary alicyclic amines) is 1. The summed E-state index contributed by atoms with van der Waals surface area (Å²) in [6.45, 7) is 5.84. The third-order valence-corrected chi connectivity index (χ3v) is 4.85. The number of carbonyl (C=O) groups is 3. The van der Waals surface area contributed by atoms with Gasteiger partial charge < -0.3 is 24.8 Å². The molecule has 2 rings (SSSR count). The van der Waals surface area contributed by atoms with Gasteiger partial charge >= 0.3 is 12.1 Å². The van der Waals surface area contributed by atoms with Crippen molar-refractivity contribution in [1.82, 2.24) is 15.2 Å². The monoisotopic (exact) mass is 405 g/mol. The van der Waals surface area contributed by atoms with Crippen LogP contribution in [0.3, 0.4) is 0 Å². The molecule has 10 heteroatoms. The standard InChI is InChI=1S/C19H28BN3O6/c1-19(2,3)15(22-18(27)28-4)16(24)23-9-11(8-12(23)17(25)26)10-29-14-7-5-6-13(20)21-14/h5-7,11-12,15H,8-10,20H2,1-4H3,(H,22,27)(H,25,26)/t11-,12+,15-/m1/s1. The summed E-state index contributed by atoms with van der Waals surface area (Å²) in [5.41, 5.74) is 0.185. The molecule has 1 aliphatic rings. The molecule has 0 unspecified atom stereocenters. The molecular formula is C19H28BN3O6. The summed E-state index contributed by atoms with van der Waals surface area (Å²) in [5.74, 6) is -1.24. The molecule has 1 aromatic heterocycles. The number of hydrogen-bond acceptors (Lipinski definition) is 6. The molecule has 29 heavy (non-hydrogen) atoms. The van der Waals surface area contributed by atoms with E-state index in [0.717, 1.165) is 5.59 Å². The van der Waals surface area contributed by atoms with Crippen molar-refractivity contribution in [2.45, 2.75) is 39.3 Å². The van der Waals surface area contributed by atoms with E-state index in [0.29, 0.717) is 5.88 Å². The highest BCUT2D eigenvalue weighted by atomic mass is 16.5. The second kappa shape index (κ2) is 9.15. The Balaban J connectivity index is 2.13. The van der Waals surface area contributed by atoms with E-state index >= 15 is 0 Å². The molecule has 2 amide bonds. The number of hydrogen-bond donors (Lipinski definition) is 2. The van der Waals surface area contributed by atoms with Gasteiger partial charge in [-0.05, 0) is 17.4 Å².